The number of hydrogen-bond acceptors (Lipinski definition) is 2. The fourth-order valence-electron chi connectivity index (χ4n) is 2.85. The van der Waals surface area contributed by atoms with Crippen LogP contribution in [-0.4, -0.2) is 17.4 Å². The zero-order valence-corrected chi connectivity index (χ0v) is 13.6. The Morgan fingerprint density at radius 2 is 2.14 bits per heavy atom. The van der Waals surface area contributed by atoms with Crippen LogP contribution in [0.5, 0.6) is 0 Å². The van der Waals surface area contributed by atoms with E-state index in [1.807, 2.05) is 6.92 Å². The molecule has 0 heterocycles. The molecule has 5 heteroatoms. The third kappa shape index (κ3) is 3.26. The molecule has 3 nitrogen and oxygen atoms in total. The van der Waals surface area contributed by atoms with Crippen molar-refractivity contribution in [2.45, 2.75) is 39.2 Å². The van der Waals surface area contributed by atoms with Gasteiger partial charge in [0.1, 0.15) is 11.2 Å². The molecule has 112 valence electrons. The van der Waals surface area contributed by atoms with Crippen molar-refractivity contribution < 1.29 is 9.18 Å². The molecule has 0 bridgehead atoms. The van der Waals surface area contributed by atoms with Crippen molar-refractivity contribution in [2.75, 3.05) is 6.54 Å². The molecule has 0 radical (unpaired) electrons. The summed E-state index contributed by atoms with van der Waals surface area (Å²) in [5.74, 6) is -0.494. The van der Waals surface area contributed by atoms with Crippen molar-refractivity contribution in [1.29, 1.82) is 5.26 Å². The molecule has 2 rings (SSSR count). The third-order valence-corrected chi connectivity index (χ3v) is 4.61. The van der Waals surface area contributed by atoms with E-state index in [2.05, 4.69) is 22.0 Å². The van der Waals surface area contributed by atoms with Gasteiger partial charge in [0.25, 0.3) is 0 Å². The first kappa shape index (κ1) is 16.0. The van der Waals surface area contributed by atoms with Crippen LogP contribution in [-0.2, 0) is 11.3 Å². The number of carbonyl (C=O) groups excluding carboxylic acids is 1. The van der Waals surface area contributed by atoms with E-state index in [4.69, 9.17) is 0 Å². The highest BCUT2D eigenvalue weighted by Gasteiger charge is 2.43. The minimum atomic E-state index is -0.904. The molecule has 0 N–H and O–H groups in total. The summed E-state index contributed by atoms with van der Waals surface area (Å²) in [7, 11) is 0. The summed E-state index contributed by atoms with van der Waals surface area (Å²) in [6.07, 6.45) is 3.03. The molecular formula is C16H18BrFN2O. The van der Waals surface area contributed by atoms with E-state index in [0.29, 0.717) is 24.9 Å². The van der Waals surface area contributed by atoms with Gasteiger partial charge in [-0.3, -0.25) is 4.79 Å². The number of nitriles is 1. The molecule has 0 aromatic heterocycles. The lowest BCUT2D eigenvalue weighted by Crippen LogP contribution is -2.41. The van der Waals surface area contributed by atoms with Crippen molar-refractivity contribution in [3.8, 4) is 6.07 Å². The van der Waals surface area contributed by atoms with Crippen LogP contribution in [0.3, 0.4) is 0 Å². The molecule has 0 spiro atoms. The van der Waals surface area contributed by atoms with Gasteiger partial charge < -0.3 is 4.90 Å². The van der Waals surface area contributed by atoms with Gasteiger partial charge in [-0.2, -0.15) is 5.26 Å². The molecule has 1 aromatic rings. The Morgan fingerprint density at radius 1 is 1.48 bits per heavy atom. The molecular weight excluding hydrogens is 335 g/mol. The monoisotopic (exact) mass is 352 g/mol. The Kier molecular flexibility index (Phi) is 5.00. The predicted molar refractivity (Wildman–Crippen MR) is 81.7 cm³/mol. The van der Waals surface area contributed by atoms with Crippen LogP contribution in [0, 0.1) is 22.6 Å². The number of halogens is 2. The number of carbonyl (C=O) groups is 1. The quantitative estimate of drug-likeness (QED) is 0.821. The zero-order chi connectivity index (χ0) is 15.5. The van der Waals surface area contributed by atoms with Crippen molar-refractivity contribution >= 4 is 21.8 Å². The second kappa shape index (κ2) is 6.57. The molecule has 1 aromatic carbocycles. The summed E-state index contributed by atoms with van der Waals surface area (Å²) in [5.41, 5.74) is -0.441. The highest BCUT2D eigenvalue weighted by molar-refractivity contribution is 9.10. The van der Waals surface area contributed by atoms with Gasteiger partial charge in [0, 0.05) is 23.1 Å². The van der Waals surface area contributed by atoms with Gasteiger partial charge in [0.05, 0.1) is 6.07 Å². The molecule has 0 unspecified atom stereocenters. The molecule has 1 aliphatic rings. The van der Waals surface area contributed by atoms with Gasteiger partial charge in [-0.1, -0.05) is 28.8 Å². The van der Waals surface area contributed by atoms with Gasteiger partial charge in [0.15, 0.2) is 0 Å². The number of nitrogens with zero attached hydrogens (tertiary/aromatic N) is 2. The third-order valence-electron chi connectivity index (χ3n) is 4.12. The van der Waals surface area contributed by atoms with E-state index in [-0.39, 0.29) is 18.3 Å². The first-order chi connectivity index (χ1) is 10.0. The molecule has 0 aliphatic heterocycles. The van der Waals surface area contributed by atoms with E-state index in [1.165, 1.54) is 6.07 Å². The Hall–Kier alpha value is -1.41. The Morgan fingerprint density at radius 3 is 2.71 bits per heavy atom. The predicted octanol–water partition coefficient (Wildman–Crippen LogP) is 4.02. The van der Waals surface area contributed by atoms with Gasteiger partial charge in [-0.15, -0.1) is 0 Å². The first-order valence-electron chi connectivity index (χ1n) is 7.17. The second-order valence-electron chi connectivity index (χ2n) is 5.46. The number of hydrogen-bond donors (Lipinski definition) is 0. The Labute approximate surface area is 132 Å². The molecule has 1 aliphatic carbocycles. The number of amides is 1. The van der Waals surface area contributed by atoms with Crippen LogP contribution < -0.4 is 0 Å². The van der Waals surface area contributed by atoms with Crippen molar-refractivity contribution in [1.82, 2.24) is 4.90 Å². The summed E-state index contributed by atoms with van der Waals surface area (Å²) in [6.45, 7) is 2.52. The van der Waals surface area contributed by atoms with Crippen LogP contribution >= 0.6 is 15.9 Å². The summed E-state index contributed by atoms with van der Waals surface area (Å²) < 4.78 is 14.6. The topological polar surface area (TPSA) is 44.1 Å². The highest BCUT2D eigenvalue weighted by Crippen LogP contribution is 2.39. The first-order valence-corrected chi connectivity index (χ1v) is 7.96. The standard InChI is InChI=1S/C16H18BrFN2O/c1-2-20(10-12-9-13(17)5-6-14(12)18)15(21)16(11-19)7-3-4-8-16/h5-6,9H,2-4,7-8,10H2,1H3. The van der Waals surface area contributed by atoms with Gasteiger partial charge in [-0.25, -0.2) is 4.39 Å². The van der Waals surface area contributed by atoms with E-state index in [0.717, 1.165) is 17.3 Å². The summed E-state index contributed by atoms with van der Waals surface area (Å²) in [4.78, 5) is 14.3. The number of benzene rings is 1. The van der Waals surface area contributed by atoms with Crippen molar-refractivity contribution in [3.05, 3.63) is 34.1 Å². The molecule has 1 saturated carbocycles. The van der Waals surface area contributed by atoms with E-state index in [9.17, 15) is 14.4 Å². The van der Waals surface area contributed by atoms with Gasteiger partial charge in [-0.05, 0) is 38.0 Å². The maximum Gasteiger partial charge on any atom is 0.243 e. The summed E-state index contributed by atoms with van der Waals surface area (Å²) in [6, 6.07) is 6.90. The SMILES string of the molecule is CCN(Cc1cc(Br)ccc1F)C(=O)C1(C#N)CCCC1. The van der Waals surface area contributed by atoms with E-state index in [1.54, 1.807) is 17.0 Å². The molecule has 0 saturated heterocycles. The maximum absolute atomic E-state index is 13.9. The molecule has 21 heavy (non-hydrogen) atoms. The largest absolute Gasteiger partial charge is 0.337 e. The zero-order valence-electron chi connectivity index (χ0n) is 12.0. The van der Waals surface area contributed by atoms with E-state index >= 15 is 0 Å². The summed E-state index contributed by atoms with van der Waals surface area (Å²) in [5, 5.41) is 9.42. The fourth-order valence-corrected chi connectivity index (χ4v) is 3.26. The van der Waals surface area contributed by atoms with Crippen LogP contribution in [0.1, 0.15) is 38.2 Å². The lowest BCUT2D eigenvalue weighted by Gasteiger charge is -2.29. The average Bonchev–Trinajstić information content (AvgIpc) is 2.97. The number of rotatable bonds is 4. The average molecular weight is 353 g/mol. The fraction of sp³-hybridized carbons (Fsp3) is 0.500. The van der Waals surface area contributed by atoms with Crippen molar-refractivity contribution in [2.24, 2.45) is 5.41 Å². The van der Waals surface area contributed by atoms with Crippen LogP contribution in [0.15, 0.2) is 22.7 Å². The van der Waals surface area contributed by atoms with Crippen LogP contribution in [0.4, 0.5) is 4.39 Å². The lowest BCUT2D eigenvalue weighted by atomic mass is 9.86. The van der Waals surface area contributed by atoms with Crippen molar-refractivity contribution in [3.63, 3.8) is 0 Å². The van der Waals surface area contributed by atoms with Crippen LogP contribution in [0.25, 0.3) is 0 Å². The molecule has 0 atom stereocenters. The van der Waals surface area contributed by atoms with Gasteiger partial charge >= 0.3 is 0 Å². The maximum atomic E-state index is 13.9. The normalized spacial score (nSPS) is 16.5. The van der Waals surface area contributed by atoms with Crippen LogP contribution in [0.2, 0.25) is 0 Å². The molecule has 1 amide bonds. The highest BCUT2D eigenvalue weighted by atomic mass is 79.9. The minimum absolute atomic E-state index is 0.163. The lowest BCUT2D eigenvalue weighted by molar-refractivity contribution is -0.139. The Balaban J connectivity index is 2.22. The smallest absolute Gasteiger partial charge is 0.243 e. The Bertz CT molecular complexity index is 576. The second-order valence-corrected chi connectivity index (χ2v) is 6.37. The summed E-state index contributed by atoms with van der Waals surface area (Å²) >= 11 is 3.31. The van der Waals surface area contributed by atoms with E-state index < -0.39 is 5.41 Å². The van der Waals surface area contributed by atoms with Gasteiger partial charge in [0.2, 0.25) is 5.91 Å². The minimum Gasteiger partial charge on any atom is -0.337 e. The molecule has 1 fully saturated rings.